The summed E-state index contributed by atoms with van der Waals surface area (Å²) in [5.41, 5.74) is 2.64. The Kier molecular flexibility index (Phi) is 10.6. The maximum atomic E-state index is 12.1. The second kappa shape index (κ2) is 13.7. The Morgan fingerprint density at radius 3 is 2.24 bits per heavy atom. The van der Waals surface area contributed by atoms with Crippen molar-refractivity contribution in [2.45, 2.75) is 46.0 Å². The second-order valence-corrected chi connectivity index (χ2v) is 7.33. The molecule has 0 radical (unpaired) electrons. The summed E-state index contributed by atoms with van der Waals surface area (Å²) >= 11 is 0. The highest BCUT2D eigenvalue weighted by molar-refractivity contribution is 5.94. The van der Waals surface area contributed by atoms with Gasteiger partial charge in [-0.25, -0.2) is 4.79 Å². The van der Waals surface area contributed by atoms with Gasteiger partial charge in [-0.05, 0) is 55.2 Å². The van der Waals surface area contributed by atoms with E-state index in [0.717, 1.165) is 18.4 Å². The van der Waals surface area contributed by atoms with Crippen molar-refractivity contribution in [2.75, 3.05) is 23.8 Å². The number of rotatable bonds is 12. The highest BCUT2D eigenvalue weighted by Crippen LogP contribution is 2.15. The van der Waals surface area contributed by atoms with Gasteiger partial charge in [0.15, 0.2) is 6.61 Å². The van der Waals surface area contributed by atoms with Gasteiger partial charge in [0.05, 0.1) is 12.2 Å². The molecule has 0 heterocycles. The van der Waals surface area contributed by atoms with Gasteiger partial charge in [-0.2, -0.15) is 0 Å². The molecule has 33 heavy (non-hydrogen) atoms. The summed E-state index contributed by atoms with van der Waals surface area (Å²) in [6, 6.07) is 13.8. The molecule has 0 spiro atoms. The smallest absolute Gasteiger partial charge is 0.338 e. The number of hydrogen-bond acceptors (Lipinski definition) is 6. The maximum absolute atomic E-state index is 12.1. The molecular formula is C25H30N2O6. The van der Waals surface area contributed by atoms with E-state index in [9.17, 15) is 19.2 Å². The van der Waals surface area contributed by atoms with Crippen LogP contribution in [0.5, 0.6) is 0 Å². The van der Waals surface area contributed by atoms with Crippen molar-refractivity contribution in [1.82, 2.24) is 0 Å². The van der Waals surface area contributed by atoms with Crippen molar-refractivity contribution in [2.24, 2.45) is 0 Å². The number of anilines is 2. The van der Waals surface area contributed by atoms with Gasteiger partial charge in [-0.1, -0.05) is 32.0 Å². The molecule has 0 bridgehead atoms. The molecule has 2 amide bonds. The van der Waals surface area contributed by atoms with Crippen LogP contribution < -0.4 is 10.6 Å². The summed E-state index contributed by atoms with van der Waals surface area (Å²) in [6.45, 7) is 3.88. The molecule has 0 unspecified atom stereocenters. The third kappa shape index (κ3) is 9.14. The van der Waals surface area contributed by atoms with Crippen LogP contribution in [0.1, 0.15) is 55.5 Å². The number of aryl methyl sites for hydroxylation is 1. The molecule has 0 aliphatic heterocycles. The summed E-state index contributed by atoms with van der Waals surface area (Å²) in [6.07, 6.45) is 1.94. The van der Waals surface area contributed by atoms with Crippen molar-refractivity contribution < 1.29 is 28.7 Å². The number of carbonyl (C=O) groups is 4. The first-order chi connectivity index (χ1) is 15.9. The number of nitrogens with one attached hydrogen (secondary N) is 2. The topological polar surface area (TPSA) is 111 Å². The quantitative estimate of drug-likeness (QED) is 0.467. The van der Waals surface area contributed by atoms with E-state index in [2.05, 4.69) is 10.6 Å². The van der Waals surface area contributed by atoms with E-state index in [1.165, 1.54) is 0 Å². The first-order valence-corrected chi connectivity index (χ1v) is 11.0. The van der Waals surface area contributed by atoms with E-state index in [4.69, 9.17) is 9.47 Å². The van der Waals surface area contributed by atoms with Crippen molar-refractivity contribution in [1.29, 1.82) is 0 Å². The molecular weight excluding hydrogens is 424 g/mol. The SMILES string of the molecule is CCCOC(=O)c1ccc(NC(=O)CCCC(=O)OCC(=O)Nc2ccccc2CC)cc1. The standard InChI is InChI=1S/C25H30N2O6/c1-3-16-32-25(31)19-12-14-20(15-13-19)26-22(28)10-7-11-24(30)33-17-23(29)27-21-9-6-5-8-18(21)4-2/h5-6,8-9,12-15H,3-4,7,10-11,16-17H2,1-2H3,(H,26,28)(H,27,29). The summed E-state index contributed by atoms with van der Waals surface area (Å²) < 4.78 is 10.0. The average molecular weight is 455 g/mol. The van der Waals surface area contributed by atoms with Crippen LogP contribution in [0, 0.1) is 0 Å². The van der Waals surface area contributed by atoms with Gasteiger partial charge in [0.25, 0.3) is 5.91 Å². The molecule has 8 nitrogen and oxygen atoms in total. The van der Waals surface area contributed by atoms with Crippen LogP contribution in [0.4, 0.5) is 11.4 Å². The summed E-state index contributed by atoms with van der Waals surface area (Å²) in [5, 5.41) is 5.44. The predicted molar refractivity (Wildman–Crippen MR) is 125 cm³/mol. The first-order valence-electron chi connectivity index (χ1n) is 11.0. The highest BCUT2D eigenvalue weighted by atomic mass is 16.5. The Bertz CT molecular complexity index is 956. The Labute approximate surface area is 193 Å². The van der Waals surface area contributed by atoms with Gasteiger partial charge in [0, 0.05) is 24.2 Å². The van der Waals surface area contributed by atoms with E-state index in [-0.39, 0.29) is 31.8 Å². The minimum atomic E-state index is -0.545. The average Bonchev–Trinajstić information content (AvgIpc) is 2.82. The Morgan fingerprint density at radius 2 is 1.55 bits per heavy atom. The molecule has 0 atom stereocenters. The van der Waals surface area contributed by atoms with E-state index >= 15 is 0 Å². The molecule has 0 aromatic heterocycles. The molecule has 2 N–H and O–H groups in total. The van der Waals surface area contributed by atoms with Crippen LogP contribution in [0.3, 0.4) is 0 Å². The van der Waals surface area contributed by atoms with Crippen LogP contribution >= 0.6 is 0 Å². The van der Waals surface area contributed by atoms with Crippen LogP contribution in [0.25, 0.3) is 0 Å². The third-order valence-electron chi connectivity index (χ3n) is 4.66. The molecule has 8 heteroatoms. The van der Waals surface area contributed by atoms with Gasteiger partial charge in [-0.15, -0.1) is 0 Å². The highest BCUT2D eigenvalue weighted by Gasteiger charge is 2.11. The molecule has 2 aromatic rings. The van der Waals surface area contributed by atoms with Crippen molar-refractivity contribution >= 4 is 35.1 Å². The monoisotopic (exact) mass is 454 g/mol. The number of esters is 2. The fraction of sp³-hybridized carbons (Fsp3) is 0.360. The number of benzene rings is 2. The molecule has 0 aliphatic rings. The molecule has 2 aromatic carbocycles. The third-order valence-corrected chi connectivity index (χ3v) is 4.66. The second-order valence-electron chi connectivity index (χ2n) is 7.33. The molecule has 0 aliphatic carbocycles. The Hall–Kier alpha value is -3.68. The number of amides is 2. The van der Waals surface area contributed by atoms with Gasteiger partial charge in [-0.3, -0.25) is 14.4 Å². The number of para-hydroxylation sites is 1. The van der Waals surface area contributed by atoms with Gasteiger partial charge in [0.1, 0.15) is 0 Å². The lowest BCUT2D eigenvalue weighted by molar-refractivity contribution is -0.147. The van der Waals surface area contributed by atoms with Crippen LogP contribution in [-0.2, 0) is 30.3 Å². The fourth-order valence-electron chi connectivity index (χ4n) is 2.94. The van der Waals surface area contributed by atoms with Crippen LogP contribution in [0.15, 0.2) is 48.5 Å². The van der Waals surface area contributed by atoms with E-state index < -0.39 is 17.8 Å². The van der Waals surface area contributed by atoms with Crippen LogP contribution in [-0.4, -0.2) is 37.0 Å². The molecule has 0 fully saturated rings. The zero-order chi connectivity index (χ0) is 24.1. The summed E-state index contributed by atoms with van der Waals surface area (Å²) in [7, 11) is 0. The van der Waals surface area contributed by atoms with Gasteiger partial charge >= 0.3 is 11.9 Å². The van der Waals surface area contributed by atoms with Gasteiger partial charge < -0.3 is 20.1 Å². The number of ether oxygens (including phenoxy) is 2. The fourth-order valence-corrected chi connectivity index (χ4v) is 2.94. The molecule has 0 saturated carbocycles. The summed E-state index contributed by atoms with van der Waals surface area (Å²) in [4.78, 5) is 47.7. The minimum absolute atomic E-state index is 0.0223. The van der Waals surface area contributed by atoms with Crippen molar-refractivity contribution in [3.05, 3.63) is 59.7 Å². The number of carbonyl (C=O) groups excluding carboxylic acids is 4. The largest absolute Gasteiger partial charge is 0.462 e. The molecule has 2 rings (SSSR count). The summed E-state index contributed by atoms with van der Waals surface area (Å²) in [5.74, 6) is -1.63. The lowest BCUT2D eigenvalue weighted by Crippen LogP contribution is -2.21. The van der Waals surface area contributed by atoms with Crippen molar-refractivity contribution in [3.8, 4) is 0 Å². The maximum Gasteiger partial charge on any atom is 0.338 e. The Morgan fingerprint density at radius 1 is 0.818 bits per heavy atom. The lowest BCUT2D eigenvalue weighted by atomic mass is 10.1. The normalized spacial score (nSPS) is 10.2. The van der Waals surface area contributed by atoms with Crippen LogP contribution in [0.2, 0.25) is 0 Å². The predicted octanol–water partition coefficient (Wildman–Crippen LogP) is 4.11. The zero-order valence-corrected chi connectivity index (χ0v) is 19.0. The van der Waals surface area contributed by atoms with Gasteiger partial charge in [0.2, 0.25) is 5.91 Å². The van der Waals surface area contributed by atoms with E-state index in [1.807, 2.05) is 32.0 Å². The van der Waals surface area contributed by atoms with E-state index in [1.54, 1.807) is 30.3 Å². The first kappa shape index (κ1) is 25.6. The Balaban J connectivity index is 1.66. The number of hydrogen-bond donors (Lipinski definition) is 2. The van der Waals surface area contributed by atoms with Crippen molar-refractivity contribution in [3.63, 3.8) is 0 Å². The molecule has 176 valence electrons. The zero-order valence-electron chi connectivity index (χ0n) is 19.0. The minimum Gasteiger partial charge on any atom is -0.462 e. The lowest BCUT2D eigenvalue weighted by Gasteiger charge is -2.10. The molecule has 0 saturated heterocycles. The van der Waals surface area contributed by atoms with E-state index in [0.29, 0.717) is 23.5 Å².